The Labute approximate surface area is 167 Å². The molecule has 1 aromatic heterocycles. The predicted octanol–water partition coefficient (Wildman–Crippen LogP) is 2.98. The van der Waals surface area contributed by atoms with Crippen molar-refractivity contribution < 1.29 is 4.79 Å². The third kappa shape index (κ3) is 4.56. The van der Waals surface area contributed by atoms with Crippen molar-refractivity contribution in [2.24, 2.45) is 0 Å². The lowest BCUT2D eigenvalue weighted by Gasteiger charge is -2.21. The maximum atomic E-state index is 12.4. The van der Waals surface area contributed by atoms with E-state index in [1.165, 1.54) is 16.3 Å². The fourth-order valence-corrected chi connectivity index (χ4v) is 3.76. The number of hydrogen-bond acceptors (Lipinski definition) is 2. The van der Waals surface area contributed by atoms with E-state index in [0.29, 0.717) is 6.54 Å². The topological polar surface area (TPSA) is 37.3 Å². The van der Waals surface area contributed by atoms with E-state index in [-0.39, 0.29) is 5.91 Å². The van der Waals surface area contributed by atoms with Gasteiger partial charge in [0.2, 0.25) is 0 Å². The molecule has 1 N–H and O–H groups in total. The zero-order chi connectivity index (χ0) is 19.9. The number of allylic oxidation sites excluding steroid dienone is 2. The molecule has 0 fully saturated rings. The van der Waals surface area contributed by atoms with Crippen LogP contribution >= 0.6 is 0 Å². The summed E-state index contributed by atoms with van der Waals surface area (Å²) in [6.45, 7) is 9.95. The maximum absolute atomic E-state index is 12.4. The van der Waals surface area contributed by atoms with Crippen LogP contribution in [0.15, 0.2) is 42.5 Å². The van der Waals surface area contributed by atoms with Gasteiger partial charge in [-0.25, -0.2) is 0 Å². The molecule has 148 valence electrons. The minimum Gasteiger partial charge on any atom is -0.372 e. The van der Waals surface area contributed by atoms with Crippen LogP contribution < -0.4 is 20.8 Å². The molecule has 3 rings (SSSR count). The first-order valence-corrected chi connectivity index (χ1v) is 10.3. The van der Waals surface area contributed by atoms with Crippen LogP contribution in [0.3, 0.4) is 0 Å². The van der Waals surface area contributed by atoms with Gasteiger partial charge in [0, 0.05) is 48.5 Å². The van der Waals surface area contributed by atoms with Gasteiger partial charge in [0.1, 0.15) is 0 Å². The number of rotatable bonds is 8. The monoisotopic (exact) mass is 377 g/mol. The second-order valence-electron chi connectivity index (χ2n) is 7.14. The van der Waals surface area contributed by atoms with Gasteiger partial charge in [0.15, 0.2) is 0 Å². The van der Waals surface area contributed by atoms with E-state index in [0.717, 1.165) is 43.7 Å². The normalized spacial score (nSPS) is 12.5. The molecule has 0 unspecified atom stereocenters. The molecule has 0 atom stereocenters. The summed E-state index contributed by atoms with van der Waals surface area (Å²) in [5.74, 6) is -0.00162. The van der Waals surface area contributed by atoms with Gasteiger partial charge in [-0.2, -0.15) is 0 Å². The standard InChI is InChI=1S/C24H31N3O/c1-4-26(5-2)22-14-12-20(13-15-22)24(28)25-16-9-17-27-19(3)18-21-10-7-6-8-11-23(21)27/h6-7,10-15,18H,4-5,8-9,16-17H2,1-3H3,(H,25,28). The second kappa shape index (κ2) is 9.45. The minimum absolute atomic E-state index is 0.00162. The second-order valence-corrected chi connectivity index (χ2v) is 7.14. The zero-order valence-corrected chi connectivity index (χ0v) is 17.2. The van der Waals surface area contributed by atoms with Crippen LogP contribution in [-0.4, -0.2) is 30.1 Å². The van der Waals surface area contributed by atoms with Crippen LogP contribution in [0.4, 0.5) is 5.69 Å². The van der Waals surface area contributed by atoms with Crippen LogP contribution in [0.1, 0.15) is 42.7 Å². The molecule has 4 heteroatoms. The van der Waals surface area contributed by atoms with Crippen molar-refractivity contribution in [3.05, 3.63) is 64.3 Å². The molecule has 0 radical (unpaired) electrons. The fraction of sp³-hybridized carbons (Fsp3) is 0.375. The van der Waals surface area contributed by atoms with Gasteiger partial charge in [-0.1, -0.05) is 24.3 Å². The summed E-state index contributed by atoms with van der Waals surface area (Å²) in [6.07, 6.45) is 10.6. The van der Waals surface area contributed by atoms with Crippen LogP contribution in [0, 0.1) is 6.92 Å². The Kier molecular flexibility index (Phi) is 6.75. The lowest BCUT2D eigenvalue weighted by Crippen LogP contribution is -2.31. The van der Waals surface area contributed by atoms with Crippen LogP contribution in [0.25, 0.3) is 12.2 Å². The molecule has 0 spiro atoms. The van der Waals surface area contributed by atoms with E-state index in [1.54, 1.807) is 0 Å². The highest BCUT2D eigenvalue weighted by Crippen LogP contribution is 2.14. The van der Waals surface area contributed by atoms with Crippen molar-refractivity contribution in [1.29, 1.82) is 0 Å². The molecule has 1 aliphatic rings. The van der Waals surface area contributed by atoms with E-state index in [2.05, 4.69) is 65.9 Å². The van der Waals surface area contributed by atoms with Crippen LogP contribution in [0.5, 0.6) is 0 Å². The summed E-state index contributed by atoms with van der Waals surface area (Å²) in [5, 5.41) is 5.63. The third-order valence-corrected chi connectivity index (χ3v) is 5.34. The van der Waals surface area contributed by atoms with Crippen molar-refractivity contribution in [1.82, 2.24) is 9.88 Å². The van der Waals surface area contributed by atoms with Crippen molar-refractivity contribution in [3.8, 4) is 0 Å². The SMILES string of the molecule is CCN(CC)c1ccc(C(=O)NCCCn2c(C)cc3c2=CCC=CC=3)cc1. The zero-order valence-electron chi connectivity index (χ0n) is 17.2. The number of aryl methyl sites for hydroxylation is 1. The summed E-state index contributed by atoms with van der Waals surface area (Å²) in [5.41, 5.74) is 3.15. The summed E-state index contributed by atoms with van der Waals surface area (Å²) in [4.78, 5) is 14.7. The molecule has 1 heterocycles. The molecule has 1 amide bonds. The quantitative estimate of drug-likeness (QED) is 0.718. The molecule has 2 aromatic rings. The summed E-state index contributed by atoms with van der Waals surface area (Å²) < 4.78 is 2.35. The average Bonchev–Trinajstić information content (AvgIpc) is 2.86. The number of amides is 1. The van der Waals surface area contributed by atoms with E-state index in [1.807, 2.05) is 24.3 Å². The smallest absolute Gasteiger partial charge is 0.251 e. The molecule has 1 aliphatic carbocycles. The van der Waals surface area contributed by atoms with Crippen molar-refractivity contribution in [3.63, 3.8) is 0 Å². The number of fused-ring (bicyclic) bond motifs is 1. The van der Waals surface area contributed by atoms with Gasteiger partial charge >= 0.3 is 0 Å². The molecular formula is C24H31N3O. The molecule has 0 saturated carbocycles. The Balaban J connectivity index is 1.54. The number of nitrogens with one attached hydrogen (secondary N) is 1. The minimum atomic E-state index is -0.00162. The van der Waals surface area contributed by atoms with Crippen molar-refractivity contribution >= 4 is 23.7 Å². The number of carbonyl (C=O) groups excluding carboxylic acids is 1. The fourth-order valence-electron chi connectivity index (χ4n) is 3.76. The highest BCUT2D eigenvalue weighted by atomic mass is 16.1. The highest BCUT2D eigenvalue weighted by Gasteiger charge is 2.08. The van der Waals surface area contributed by atoms with Gasteiger partial charge in [-0.05, 0) is 69.2 Å². The molecule has 1 aromatic carbocycles. The third-order valence-electron chi connectivity index (χ3n) is 5.34. The van der Waals surface area contributed by atoms with Gasteiger partial charge in [-0.15, -0.1) is 0 Å². The molecule has 28 heavy (non-hydrogen) atoms. The summed E-state index contributed by atoms with van der Waals surface area (Å²) >= 11 is 0. The summed E-state index contributed by atoms with van der Waals surface area (Å²) in [7, 11) is 0. The number of hydrogen-bond donors (Lipinski definition) is 1. The maximum Gasteiger partial charge on any atom is 0.251 e. The Bertz CT molecular complexity index is 947. The number of carbonyl (C=O) groups is 1. The van der Waals surface area contributed by atoms with Crippen molar-refractivity contribution in [2.45, 2.75) is 40.2 Å². The first-order chi connectivity index (χ1) is 13.6. The average molecular weight is 378 g/mol. The van der Waals surface area contributed by atoms with Gasteiger partial charge in [0.25, 0.3) is 5.91 Å². The van der Waals surface area contributed by atoms with E-state index in [9.17, 15) is 4.79 Å². The van der Waals surface area contributed by atoms with Crippen LogP contribution in [0.2, 0.25) is 0 Å². The summed E-state index contributed by atoms with van der Waals surface area (Å²) in [6, 6.07) is 10.1. The predicted molar refractivity (Wildman–Crippen MR) is 118 cm³/mol. The Morgan fingerprint density at radius 1 is 1.18 bits per heavy atom. The van der Waals surface area contributed by atoms with E-state index < -0.39 is 0 Å². The van der Waals surface area contributed by atoms with Gasteiger partial charge in [0.05, 0.1) is 0 Å². The highest BCUT2D eigenvalue weighted by molar-refractivity contribution is 5.94. The lowest BCUT2D eigenvalue weighted by molar-refractivity contribution is 0.0952. The van der Waals surface area contributed by atoms with E-state index in [4.69, 9.17) is 0 Å². The number of benzene rings is 1. The molecule has 0 aliphatic heterocycles. The largest absolute Gasteiger partial charge is 0.372 e. The van der Waals surface area contributed by atoms with Crippen molar-refractivity contribution in [2.75, 3.05) is 24.5 Å². The Hall–Kier alpha value is -2.75. The van der Waals surface area contributed by atoms with E-state index >= 15 is 0 Å². The van der Waals surface area contributed by atoms with Gasteiger partial charge in [-0.3, -0.25) is 4.79 Å². The molecule has 4 nitrogen and oxygen atoms in total. The Morgan fingerprint density at radius 3 is 2.64 bits per heavy atom. The van der Waals surface area contributed by atoms with Gasteiger partial charge < -0.3 is 14.8 Å². The molecular weight excluding hydrogens is 346 g/mol. The molecule has 0 bridgehead atoms. The lowest BCUT2D eigenvalue weighted by atomic mass is 10.2. The number of aromatic nitrogens is 1. The Morgan fingerprint density at radius 2 is 1.93 bits per heavy atom. The van der Waals surface area contributed by atoms with Crippen LogP contribution in [-0.2, 0) is 6.54 Å². The molecule has 0 saturated heterocycles. The first kappa shape index (κ1) is 20.0. The first-order valence-electron chi connectivity index (χ1n) is 10.3. The number of anilines is 1. The number of nitrogens with zero attached hydrogens (tertiary/aromatic N) is 2.